The highest BCUT2D eigenvalue weighted by Gasteiger charge is 2.29. The second-order valence-corrected chi connectivity index (χ2v) is 9.35. The maximum Gasteiger partial charge on any atom is 0.198 e. The number of carbonyl (C=O) groups is 1. The molecule has 0 saturated heterocycles. The van der Waals surface area contributed by atoms with Gasteiger partial charge in [-0.05, 0) is 41.7 Å². The number of nitrogens with zero attached hydrogens (tertiary/aromatic N) is 1. The summed E-state index contributed by atoms with van der Waals surface area (Å²) in [5, 5.41) is 22.0. The lowest BCUT2D eigenvalue weighted by Crippen LogP contribution is -2.34. The van der Waals surface area contributed by atoms with E-state index >= 15 is 0 Å². The molecule has 0 bridgehead atoms. The Hall–Kier alpha value is -2.90. The van der Waals surface area contributed by atoms with Gasteiger partial charge in [-0.15, -0.1) is 0 Å². The summed E-state index contributed by atoms with van der Waals surface area (Å²) in [6.07, 6.45) is 1.31. The van der Waals surface area contributed by atoms with E-state index in [4.69, 9.17) is 16.3 Å². The number of pyridine rings is 1. The lowest BCUT2D eigenvalue weighted by atomic mass is 9.86. The zero-order chi connectivity index (χ0) is 24.5. The number of fused-ring (bicyclic) bond motifs is 1. The Morgan fingerprint density at radius 1 is 1.30 bits per heavy atom. The number of aromatic carboxylic acids is 1. The highest BCUT2D eigenvalue weighted by atomic mass is 35.5. The minimum absolute atomic E-state index is 0.0177. The summed E-state index contributed by atoms with van der Waals surface area (Å²) in [4.78, 5) is 24.9. The second-order valence-electron chi connectivity index (χ2n) is 8.94. The number of rotatable bonds is 7. The van der Waals surface area contributed by atoms with E-state index in [1.807, 2.05) is 20.8 Å². The molecule has 1 aromatic heterocycles. The van der Waals surface area contributed by atoms with Crippen LogP contribution in [-0.2, 0) is 6.42 Å². The molecule has 1 heterocycles. The third-order valence-corrected chi connectivity index (χ3v) is 5.90. The van der Waals surface area contributed by atoms with Gasteiger partial charge in [0.1, 0.15) is 11.6 Å². The summed E-state index contributed by atoms with van der Waals surface area (Å²) < 4.78 is 21.9. The van der Waals surface area contributed by atoms with Crippen LogP contribution in [0, 0.1) is 11.2 Å². The van der Waals surface area contributed by atoms with E-state index in [1.165, 1.54) is 18.3 Å². The molecule has 0 aliphatic rings. The first-order chi connectivity index (χ1) is 15.5. The first-order valence-electron chi connectivity index (χ1n) is 10.6. The van der Waals surface area contributed by atoms with E-state index in [2.05, 4.69) is 0 Å². The van der Waals surface area contributed by atoms with E-state index < -0.39 is 34.2 Å². The average Bonchev–Trinajstić information content (AvgIpc) is 2.72. The molecule has 6 nitrogen and oxygen atoms in total. The Morgan fingerprint density at radius 3 is 2.58 bits per heavy atom. The zero-order valence-corrected chi connectivity index (χ0v) is 19.7. The molecule has 3 aromatic rings. The molecule has 0 amide bonds. The first-order valence-corrected chi connectivity index (χ1v) is 11.0. The van der Waals surface area contributed by atoms with Gasteiger partial charge in [0, 0.05) is 12.6 Å². The van der Waals surface area contributed by atoms with Crippen molar-refractivity contribution in [2.24, 2.45) is 5.41 Å². The number of halogens is 2. The molecule has 0 unspecified atom stereocenters. The largest absolute Gasteiger partial charge is 0.545 e. The third-order valence-electron chi connectivity index (χ3n) is 5.60. The summed E-state index contributed by atoms with van der Waals surface area (Å²) in [7, 11) is 0. The molecule has 33 heavy (non-hydrogen) atoms. The molecule has 176 valence electrons. The van der Waals surface area contributed by atoms with Gasteiger partial charge >= 0.3 is 0 Å². The minimum atomic E-state index is -1.62. The topological polar surface area (TPSA) is 91.6 Å². The number of carbonyl (C=O) groups excluding carboxylic acids is 1. The number of benzene rings is 2. The molecule has 0 aliphatic heterocycles. The third kappa shape index (κ3) is 4.89. The normalized spacial score (nSPS) is 12.7. The van der Waals surface area contributed by atoms with E-state index in [1.54, 1.807) is 29.7 Å². The number of hydrogen-bond acceptors (Lipinski definition) is 5. The molecular formula is C25H26ClFNO5-. The molecule has 3 rings (SSSR count). The Morgan fingerprint density at radius 2 is 2.00 bits per heavy atom. The van der Waals surface area contributed by atoms with Gasteiger partial charge < -0.3 is 24.3 Å². The van der Waals surface area contributed by atoms with Crippen molar-refractivity contribution in [3.63, 3.8) is 0 Å². The summed E-state index contributed by atoms with van der Waals surface area (Å²) in [5.74, 6) is -1.85. The maximum absolute atomic E-state index is 14.5. The van der Waals surface area contributed by atoms with Crippen molar-refractivity contribution in [3.8, 4) is 5.75 Å². The van der Waals surface area contributed by atoms with Gasteiger partial charge in [-0.25, -0.2) is 4.39 Å². The molecule has 0 radical (unpaired) electrons. The first kappa shape index (κ1) is 24.7. The van der Waals surface area contributed by atoms with E-state index in [0.29, 0.717) is 22.4 Å². The fourth-order valence-corrected chi connectivity index (χ4v) is 4.15. The lowest BCUT2D eigenvalue weighted by Gasteiger charge is -2.33. The minimum Gasteiger partial charge on any atom is -0.545 e. The van der Waals surface area contributed by atoms with E-state index in [0.717, 1.165) is 0 Å². The number of aliphatic hydroxyl groups is 1. The molecule has 8 heteroatoms. The molecule has 0 saturated carbocycles. The predicted octanol–water partition coefficient (Wildman–Crippen LogP) is 3.73. The van der Waals surface area contributed by atoms with Crippen molar-refractivity contribution in [2.45, 2.75) is 40.2 Å². The number of ether oxygens (including phenoxy) is 1. The van der Waals surface area contributed by atoms with Crippen molar-refractivity contribution in [3.05, 3.63) is 74.3 Å². The van der Waals surface area contributed by atoms with E-state index in [-0.39, 0.29) is 30.0 Å². The summed E-state index contributed by atoms with van der Waals surface area (Å²) in [5.41, 5.74) is -0.520. The van der Waals surface area contributed by atoms with Crippen LogP contribution < -0.4 is 15.3 Å². The fraction of sp³-hybridized carbons (Fsp3) is 0.360. The summed E-state index contributed by atoms with van der Waals surface area (Å²) in [6.45, 7) is 7.45. The standard InChI is InChI=1S/C25H27ClFNO5/c1-5-33-19-11-14(9-15-7-6-8-18(26)21(15)27)10-16-22(19)28(20(13-29)25(2,3)4)12-17(23(16)30)24(31)32/h6-8,10-12,20,29H,5,9,13H2,1-4H3,(H,31,32)/p-1/t20-/m1/s1. The molecule has 0 fully saturated rings. The van der Waals surface area contributed by atoms with Crippen LogP contribution in [0.5, 0.6) is 5.75 Å². The van der Waals surface area contributed by atoms with Crippen LogP contribution >= 0.6 is 11.6 Å². The zero-order valence-electron chi connectivity index (χ0n) is 18.9. The number of aliphatic hydroxyl groups excluding tert-OH is 1. The van der Waals surface area contributed by atoms with Crippen LogP contribution in [0.1, 0.15) is 55.2 Å². The van der Waals surface area contributed by atoms with Crippen molar-refractivity contribution < 1.29 is 24.1 Å². The van der Waals surface area contributed by atoms with Crippen LogP contribution in [0.2, 0.25) is 5.02 Å². The second kappa shape index (κ2) is 9.53. The SMILES string of the molecule is CCOc1cc(Cc2cccc(Cl)c2F)cc2c(=O)c(C(=O)[O-])cn([C@H](CO)C(C)(C)C)c12. The van der Waals surface area contributed by atoms with Gasteiger partial charge in [0.15, 0.2) is 5.43 Å². The van der Waals surface area contributed by atoms with E-state index in [9.17, 15) is 24.2 Å². The van der Waals surface area contributed by atoms with Gasteiger partial charge in [-0.3, -0.25) is 4.79 Å². The molecular weight excluding hydrogens is 449 g/mol. The number of carboxylic acid groups (broad SMARTS) is 1. The fourth-order valence-electron chi connectivity index (χ4n) is 3.95. The van der Waals surface area contributed by atoms with Gasteiger partial charge in [-0.2, -0.15) is 0 Å². The lowest BCUT2D eigenvalue weighted by molar-refractivity contribution is -0.255. The Bertz CT molecular complexity index is 1260. The highest BCUT2D eigenvalue weighted by molar-refractivity contribution is 6.30. The summed E-state index contributed by atoms with van der Waals surface area (Å²) in [6, 6.07) is 7.32. The average molecular weight is 475 g/mol. The van der Waals surface area contributed by atoms with Crippen molar-refractivity contribution in [1.29, 1.82) is 0 Å². The number of hydrogen-bond donors (Lipinski definition) is 1. The van der Waals surface area contributed by atoms with Crippen molar-refractivity contribution in [1.82, 2.24) is 4.57 Å². The molecule has 2 aromatic carbocycles. The monoisotopic (exact) mass is 474 g/mol. The summed E-state index contributed by atoms with van der Waals surface area (Å²) >= 11 is 5.90. The van der Waals surface area contributed by atoms with Crippen LogP contribution in [0.3, 0.4) is 0 Å². The molecule has 0 spiro atoms. The van der Waals surface area contributed by atoms with Crippen molar-refractivity contribution in [2.75, 3.05) is 13.2 Å². The van der Waals surface area contributed by atoms with Crippen LogP contribution in [0.4, 0.5) is 4.39 Å². The van der Waals surface area contributed by atoms with Crippen LogP contribution in [0.15, 0.2) is 41.3 Å². The van der Waals surface area contributed by atoms with Crippen molar-refractivity contribution >= 4 is 28.5 Å². The number of aromatic nitrogens is 1. The predicted molar refractivity (Wildman–Crippen MR) is 124 cm³/mol. The highest BCUT2D eigenvalue weighted by Crippen LogP contribution is 2.36. The smallest absolute Gasteiger partial charge is 0.198 e. The van der Waals surface area contributed by atoms with Crippen LogP contribution in [0.25, 0.3) is 10.9 Å². The number of carboxylic acids is 1. The van der Waals surface area contributed by atoms with Crippen LogP contribution in [-0.4, -0.2) is 28.9 Å². The quantitative estimate of drug-likeness (QED) is 0.563. The van der Waals surface area contributed by atoms with Gasteiger partial charge in [0.25, 0.3) is 0 Å². The molecule has 0 aliphatic carbocycles. The Balaban J connectivity index is 2.37. The molecule has 1 atom stereocenters. The Kier molecular flexibility index (Phi) is 7.14. The van der Waals surface area contributed by atoms with Gasteiger partial charge in [-0.1, -0.05) is 44.5 Å². The Labute approximate surface area is 196 Å². The molecule has 1 N–H and O–H groups in total. The van der Waals surface area contributed by atoms with Gasteiger partial charge in [0.2, 0.25) is 0 Å². The maximum atomic E-state index is 14.5. The van der Waals surface area contributed by atoms with Gasteiger partial charge in [0.05, 0.1) is 46.7 Å².